The Morgan fingerprint density at radius 2 is 1.64 bits per heavy atom. The van der Waals surface area contributed by atoms with Crippen molar-refractivity contribution >= 4 is 23.8 Å². The quantitative estimate of drug-likeness (QED) is 0.242. The van der Waals surface area contributed by atoms with E-state index >= 15 is 0 Å². The average Bonchev–Trinajstić information content (AvgIpc) is 2.89. The van der Waals surface area contributed by atoms with Gasteiger partial charge in [-0.2, -0.15) is 4.98 Å². The first-order valence-electron chi connectivity index (χ1n) is 12.1. The average molecular weight is 540 g/mol. The smallest absolute Gasteiger partial charge is 0.407 e. The second-order valence-corrected chi connectivity index (χ2v) is 8.60. The number of anilines is 1. The van der Waals surface area contributed by atoms with Gasteiger partial charge in [0.05, 0.1) is 12.5 Å². The summed E-state index contributed by atoms with van der Waals surface area (Å²) in [5.41, 5.74) is 8.58. The molecule has 0 bridgehead atoms. The molecule has 0 spiro atoms. The standard InChI is InChI=1S/C25H29N5O5.C2H4O2/c1-17-14-30(24(33)29-23(17)27-13-19-9-7-18(12-26)8-10-19)15-21(11-22(31)32)28-25(34)35-16-20-5-3-2-4-6-20;1-2(3)4/h2-10,14,21H,11-13,15-16,26H2,1H3,(H,28,34)(H,31,32)(H,27,29,33);1H3,(H,3,4). The van der Waals surface area contributed by atoms with Crippen molar-refractivity contribution in [2.75, 3.05) is 5.32 Å². The molecule has 1 unspecified atom stereocenters. The van der Waals surface area contributed by atoms with Crippen LogP contribution in [-0.2, 0) is 40.6 Å². The second-order valence-electron chi connectivity index (χ2n) is 8.60. The van der Waals surface area contributed by atoms with Gasteiger partial charge in [0, 0.05) is 38.3 Å². The van der Waals surface area contributed by atoms with Crippen LogP contribution in [0.5, 0.6) is 0 Å². The van der Waals surface area contributed by atoms with Gasteiger partial charge in [-0.05, 0) is 23.6 Å². The highest BCUT2D eigenvalue weighted by Crippen LogP contribution is 2.12. The first kappa shape index (κ1) is 30.5. The third-order valence-electron chi connectivity index (χ3n) is 5.27. The third-order valence-corrected chi connectivity index (χ3v) is 5.27. The van der Waals surface area contributed by atoms with Crippen molar-refractivity contribution < 1.29 is 29.3 Å². The van der Waals surface area contributed by atoms with Crippen LogP contribution in [0.15, 0.2) is 65.6 Å². The molecule has 0 aliphatic carbocycles. The van der Waals surface area contributed by atoms with Gasteiger partial charge >= 0.3 is 17.8 Å². The predicted octanol–water partition coefficient (Wildman–Crippen LogP) is 2.48. The lowest BCUT2D eigenvalue weighted by Gasteiger charge is -2.19. The molecule has 3 rings (SSSR count). The SMILES string of the molecule is CC(=O)O.Cc1cn(CC(CC(=O)O)NC(=O)OCc2ccccc2)c(=O)nc1NCc1ccc(CN)cc1. The van der Waals surface area contributed by atoms with E-state index in [0.717, 1.165) is 23.6 Å². The Labute approximate surface area is 225 Å². The number of nitrogens with one attached hydrogen (secondary N) is 2. The summed E-state index contributed by atoms with van der Waals surface area (Å²) in [7, 11) is 0. The first-order valence-corrected chi connectivity index (χ1v) is 12.1. The fourth-order valence-corrected chi connectivity index (χ4v) is 3.43. The molecule has 208 valence electrons. The summed E-state index contributed by atoms with van der Waals surface area (Å²) in [5, 5.41) is 22.3. The van der Waals surface area contributed by atoms with E-state index in [4.69, 9.17) is 20.4 Å². The molecule has 1 heterocycles. The molecule has 12 nitrogen and oxygen atoms in total. The van der Waals surface area contributed by atoms with Crippen molar-refractivity contribution in [3.8, 4) is 0 Å². The Bertz CT molecular complexity index is 1290. The van der Waals surface area contributed by atoms with Gasteiger partial charge in [0.25, 0.3) is 5.97 Å². The molecule has 6 N–H and O–H groups in total. The van der Waals surface area contributed by atoms with E-state index in [1.165, 1.54) is 4.57 Å². The third kappa shape index (κ3) is 11.5. The summed E-state index contributed by atoms with van der Waals surface area (Å²) in [6.45, 7) is 3.78. The van der Waals surface area contributed by atoms with E-state index in [0.29, 0.717) is 24.5 Å². The number of nitrogens with two attached hydrogens (primary N) is 1. The summed E-state index contributed by atoms with van der Waals surface area (Å²) in [6.07, 6.45) is 0.433. The molecule has 1 aromatic heterocycles. The molecule has 0 aliphatic rings. The van der Waals surface area contributed by atoms with Gasteiger partial charge in [-0.1, -0.05) is 54.6 Å². The Kier molecular flexibility index (Phi) is 12.1. The monoisotopic (exact) mass is 539 g/mol. The van der Waals surface area contributed by atoms with Crippen LogP contribution in [0.4, 0.5) is 10.6 Å². The van der Waals surface area contributed by atoms with Gasteiger partial charge in [-0.3, -0.25) is 14.2 Å². The maximum absolute atomic E-state index is 12.6. The zero-order valence-electron chi connectivity index (χ0n) is 21.8. The van der Waals surface area contributed by atoms with Crippen molar-refractivity contribution in [1.82, 2.24) is 14.9 Å². The Morgan fingerprint density at radius 1 is 1.03 bits per heavy atom. The van der Waals surface area contributed by atoms with E-state index in [9.17, 15) is 19.5 Å². The van der Waals surface area contributed by atoms with Gasteiger partial charge in [0.15, 0.2) is 0 Å². The summed E-state index contributed by atoms with van der Waals surface area (Å²) >= 11 is 0. The van der Waals surface area contributed by atoms with Crippen LogP contribution in [0.1, 0.15) is 35.6 Å². The lowest BCUT2D eigenvalue weighted by Crippen LogP contribution is -2.42. The molecular formula is C27H33N5O7. The molecule has 0 fully saturated rings. The maximum atomic E-state index is 12.6. The number of benzene rings is 2. The number of aliphatic carboxylic acids is 2. The molecule has 3 aromatic rings. The number of alkyl carbamates (subject to hydrolysis) is 1. The normalized spacial score (nSPS) is 10.9. The molecule has 0 saturated carbocycles. The van der Waals surface area contributed by atoms with E-state index in [-0.39, 0.29) is 19.6 Å². The molecule has 1 amide bonds. The van der Waals surface area contributed by atoms with Crippen molar-refractivity contribution in [1.29, 1.82) is 0 Å². The molecule has 1 atom stereocenters. The highest BCUT2D eigenvalue weighted by molar-refractivity contribution is 5.71. The number of aromatic nitrogens is 2. The minimum Gasteiger partial charge on any atom is -0.481 e. The fourth-order valence-electron chi connectivity index (χ4n) is 3.43. The van der Waals surface area contributed by atoms with Crippen LogP contribution in [0, 0.1) is 6.92 Å². The highest BCUT2D eigenvalue weighted by atomic mass is 16.5. The van der Waals surface area contributed by atoms with Gasteiger partial charge in [-0.25, -0.2) is 9.59 Å². The molecule has 0 radical (unpaired) electrons. The number of rotatable bonds is 11. The van der Waals surface area contributed by atoms with Crippen LogP contribution >= 0.6 is 0 Å². The zero-order valence-corrected chi connectivity index (χ0v) is 21.8. The highest BCUT2D eigenvalue weighted by Gasteiger charge is 2.19. The second kappa shape index (κ2) is 15.5. The number of aryl methyl sites for hydroxylation is 1. The number of carboxylic acids is 2. The number of nitrogens with zero attached hydrogens (tertiary/aromatic N) is 2. The van der Waals surface area contributed by atoms with E-state index in [2.05, 4.69) is 15.6 Å². The molecule has 0 saturated heterocycles. The maximum Gasteiger partial charge on any atom is 0.407 e. The number of carbonyl (C=O) groups excluding carboxylic acids is 1. The van der Waals surface area contributed by atoms with Crippen molar-refractivity contribution in [2.45, 2.75) is 52.6 Å². The molecule has 12 heteroatoms. The largest absolute Gasteiger partial charge is 0.481 e. The van der Waals surface area contributed by atoms with Crippen molar-refractivity contribution in [3.63, 3.8) is 0 Å². The first-order chi connectivity index (χ1) is 18.6. The number of ether oxygens (including phenoxy) is 1. The van der Waals surface area contributed by atoms with Crippen LogP contribution < -0.4 is 22.1 Å². The lowest BCUT2D eigenvalue weighted by molar-refractivity contribution is -0.137. The van der Waals surface area contributed by atoms with E-state index < -0.39 is 29.8 Å². The van der Waals surface area contributed by atoms with Gasteiger partial charge in [0.1, 0.15) is 12.4 Å². The Hall–Kier alpha value is -4.71. The van der Waals surface area contributed by atoms with Crippen LogP contribution in [0.3, 0.4) is 0 Å². The fraction of sp³-hybridized carbons (Fsp3) is 0.296. The summed E-state index contributed by atoms with van der Waals surface area (Å²) in [6, 6.07) is 16.0. The van der Waals surface area contributed by atoms with Gasteiger partial charge in [-0.15, -0.1) is 0 Å². The van der Waals surface area contributed by atoms with Crippen molar-refractivity contribution in [2.24, 2.45) is 5.73 Å². The van der Waals surface area contributed by atoms with Crippen LogP contribution in [0.25, 0.3) is 0 Å². The number of carboxylic acid groups (broad SMARTS) is 2. The number of hydrogen-bond donors (Lipinski definition) is 5. The minimum absolute atomic E-state index is 0.0440. The number of amides is 1. The van der Waals surface area contributed by atoms with Crippen LogP contribution in [-0.4, -0.2) is 43.8 Å². The lowest BCUT2D eigenvalue weighted by atomic mass is 10.1. The summed E-state index contributed by atoms with van der Waals surface area (Å²) in [5.74, 6) is -1.52. The Balaban J connectivity index is 0.00000124. The zero-order chi connectivity index (χ0) is 28.8. The number of hydrogen-bond acceptors (Lipinski definition) is 8. The van der Waals surface area contributed by atoms with Crippen molar-refractivity contribution in [3.05, 3.63) is 93.5 Å². The van der Waals surface area contributed by atoms with Crippen LogP contribution in [0.2, 0.25) is 0 Å². The van der Waals surface area contributed by atoms with Gasteiger partial charge in [0.2, 0.25) is 0 Å². The minimum atomic E-state index is -1.12. The van der Waals surface area contributed by atoms with E-state index in [1.54, 1.807) is 25.3 Å². The Morgan fingerprint density at radius 3 is 2.23 bits per heavy atom. The number of carbonyl (C=O) groups is 3. The molecule has 2 aromatic carbocycles. The summed E-state index contributed by atoms with van der Waals surface area (Å²) < 4.78 is 6.46. The topological polar surface area (TPSA) is 186 Å². The van der Waals surface area contributed by atoms with Gasteiger partial charge < -0.3 is 31.3 Å². The van der Waals surface area contributed by atoms with E-state index in [1.807, 2.05) is 42.5 Å². The molecule has 39 heavy (non-hydrogen) atoms. The summed E-state index contributed by atoms with van der Waals surface area (Å²) in [4.78, 5) is 49.2. The molecule has 0 aliphatic heterocycles. The predicted molar refractivity (Wildman–Crippen MR) is 144 cm³/mol. The molecular weight excluding hydrogens is 506 g/mol.